The number of hydrogen-bond donors (Lipinski definition) is 1. The van der Waals surface area contributed by atoms with Crippen LogP contribution >= 0.6 is 0 Å². The summed E-state index contributed by atoms with van der Waals surface area (Å²) in [5.41, 5.74) is 3.03. The average molecular weight is 499 g/mol. The Morgan fingerprint density at radius 2 is 1.73 bits per heavy atom. The second kappa shape index (κ2) is 12.6. The summed E-state index contributed by atoms with van der Waals surface area (Å²) in [7, 11) is 1.57. The van der Waals surface area contributed by atoms with Crippen molar-refractivity contribution < 1.29 is 19.1 Å². The first kappa shape index (κ1) is 25.7. The minimum absolute atomic E-state index is 0.0115. The SMILES string of the molecule is COc1cccc(NC(=O)COc2ccc(C(=O)N3CCCN(Cc4ccc(C#N)cc4)CC3)cc2)c1. The van der Waals surface area contributed by atoms with Crippen LogP contribution in [0.15, 0.2) is 72.8 Å². The van der Waals surface area contributed by atoms with Crippen LogP contribution in [-0.2, 0) is 11.3 Å². The predicted octanol–water partition coefficient (Wildman–Crippen LogP) is 3.93. The molecule has 0 aromatic heterocycles. The number of nitriles is 1. The van der Waals surface area contributed by atoms with Crippen LogP contribution in [0.3, 0.4) is 0 Å². The summed E-state index contributed by atoms with van der Waals surface area (Å²) in [6, 6.07) is 23.8. The van der Waals surface area contributed by atoms with Gasteiger partial charge in [0.15, 0.2) is 6.61 Å². The second-order valence-corrected chi connectivity index (χ2v) is 8.82. The molecule has 0 atom stereocenters. The smallest absolute Gasteiger partial charge is 0.262 e. The summed E-state index contributed by atoms with van der Waals surface area (Å²) in [5, 5.41) is 11.7. The van der Waals surface area contributed by atoms with Gasteiger partial charge in [-0.3, -0.25) is 14.5 Å². The lowest BCUT2D eigenvalue weighted by Gasteiger charge is -2.22. The third kappa shape index (κ3) is 7.32. The van der Waals surface area contributed by atoms with E-state index < -0.39 is 0 Å². The van der Waals surface area contributed by atoms with E-state index in [-0.39, 0.29) is 18.4 Å². The van der Waals surface area contributed by atoms with Crippen molar-refractivity contribution in [1.29, 1.82) is 5.26 Å². The van der Waals surface area contributed by atoms with E-state index >= 15 is 0 Å². The number of methoxy groups -OCH3 is 1. The Bertz CT molecular complexity index is 1250. The number of nitrogens with one attached hydrogen (secondary N) is 1. The van der Waals surface area contributed by atoms with Gasteiger partial charge in [0.25, 0.3) is 11.8 Å². The summed E-state index contributed by atoms with van der Waals surface area (Å²) >= 11 is 0. The molecule has 0 saturated carbocycles. The molecule has 1 heterocycles. The van der Waals surface area contributed by atoms with Gasteiger partial charge >= 0.3 is 0 Å². The van der Waals surface area contributed by atoms with Crippen molar-refractivity contribution >= 4 is 17.5 Å². The van der Waals surface area contributed by atoms with Gasteiger partial charge < -0.3 is 19.7 Å². The lowest BCUT2D eigenvalue weighted by atomic mass is 10.1. The number of benzene rings is 3. The minimum Gasteiger partial charge on any atom is -0.497 e. The number of hydrogen-bond acceptors (Lipinski definition) is 6. The topological polar surface area (TPSA) is 94.9 Å². The van der Waals surface area contributed by atoms with E-state index in [1.54, 1.807) is 55.6 Å². The van der Waals surface area contributed by atoms with Crippen molar-refractivity contribution in [3.8, 4) is 17.6 Å². The Labute approximate surface area is 217 Å². The van der Waals surface area contributed by atoms with Crippen LogP contribution in [-0.4, -0.2) is 61.5 Å². The molecule has 3 aromatic carbocycles. The van der Waals surface area contributed by atoms with E-state index in [2.05, 4.69) is 16.3 Å². The van der Waals surface area contributed by atoms with Crippen molar-refractivity contribution in [2.24, 2.45) is 0 Å². The molecule has 190 valence electrons. The van der Waals surface area contributed by atoms with Crippen LogP contribution in [0.25, 0.3) is 0 Å². The molecule has 1 aliphatic rings. The quantitative estimate of drug-likeness (QED) is 0.506. The molecule has 0 radical (unpaired) electrons. The molecule has 0 spiro atoms. The molecule has 1 saturated heterocycles. The zero-order valence-electron chi connectivity index (χ0n) is 20.9. The Morgan fingerprint density at radius 3 is 2.46 bits per heavy atom. The molecular weight excluding hydrogens is 468 g/mol. The average Bonchev–Trinajstić information content (AvgIpc) is 3.18. The second-order valence-electron chi connectivity index (χ2n) is 8.82. The summed E-state index contributed by atoms with van der Waals surface area (Å²) in [6.45, 7) is 3.70. The number of anilines is 1. The monoisotopic (exact) mass is 498 g/mol. The van der Waals surface area contributed by atoms with E-state index in [0.717, 1.165) is 31.6 Å². The van der Waals surface area contributed by atoms with E-state index in [4.69, 9.17) is 14.7 Å². The van der Waals surface area contributed by atoms with Gasteiger partial charge in [0, 0.05) is 50.0 Å². The third-order valence-electron chi connectivity index (χ3n) is 6.19. The first-order valence-corrected chi connectivity index (χ1v) is 12.2. The molecule has 1 aliphatic heterocycles. The maximum absolute atomic E-state index is 13.1. The van der Waals surface area contributed by atoms with E-state index in [9.17, 15) is 9.59 Å². The number of carbonyl (C=O) groups is 2. The lowest BCUT2D eigenvalue weighted by Crippen LogP contribution is -2.35. The minimum atomic E-state index is -0.288. The summed E-state index contributed by atoms with van der Waals surface area (Å²) < 4.78 is 10.7. The third-order valence-corrected chi connectivity index (χ3v) is 6.19. The molecule has 3 aromatic rings. The largest absolute Gasteiger partial charge is 0.497 e. The van der Waals surface area contributed by atoms with Gasteiger partial charge in [0.1, 0.15) is 11.5 Å². The van der Waals surface area contributed by atoms with Crippen molar-refractivity contribution in [2.45, 2.75) is 13.0 Å². The molecule has 8 nitrogen and oxygen atoms in total. The number of nitrogens with zero attached hydrogens (tertiary/aromatic N) is 3. The number of ether oxygens (including phenoxy) is 2. The van der Waals surface area contributed by atoms with E-state index in [0.29, 0.717) is 41.4 Å². The maximum Gasteiger partial charge on any atom is 0.262 e. The van der Waals surface area contributed by atoms with E-state index in [1.165, 1.54) is 0 Å². The zero-order chi connectivity index (χ0) is 26.0. The summed E-state index contributed by atoms with van der Waals surface area (Å²) in [6.07, 6.45) is 0.894. The molecular formula is C29H30N4O4. The van der Waals surface area contributed by atoms with Crippen LogP contribution in [0.5, 0.6) is 11.5 Å². The predicted molar refractivity (Wildman–Crippen MR) is 141 cm³/mol. The highest BCUT2D eigenvalue weighted by Gasteiger charge is 2.20. The summed E-state index contributed by atoms with van der Waals surface area (Å²) in [5.74, 6) is 0.871. The molecule has 0 unspecified atom stereocenters. The van der Waals surface area contributed by atoms with Crippen LogP contribution in [0.4, 0.5) is 5.69 Å². The Hall–Kier alpha value is -4.35. The highest BCUT2D eigenvalue weighted by Crippen LogP contribution is 2.18. The van der Waals surface area contributed by atoms with Crippen molar-refractivity contribution in [1.82, 2.24) is 9.80 Å². The fourth-order valence-electron chi connectivity index (χ4n) is 4.20. The van der Waals surface area contributed by atoms with Crippen LogP contribution in [0, 0.1) is 11.3 Å². The fourth-order valence-corrected chi connectivity index (χ4v) is 4.20. The lowest BCUT2D eigenvalue weighted by molar-refractivity contribution is -0.118. The van der Waals surface area contributed by atoms with Gasteiger partial charge in [-0.1, -0.05) is 18.2 Å². The van der Waals surface area contributed by atoms with Gasteiger partial charge in [-0.15, -0.1) is 0 Å². The molecule has 8 heteroatoms. The first-order chi connectivity index (χ1) is 18.0. The Morgan fingerprint density at radius 1 is 0.946 bits per heavy atom. The van der Waals surface area contributed by atoms with Crippen molar-refractivity contribution in [2.75, 3.05) is 45.2 Å². The van der Waals surface area contributed by atoms with Crippen molar-refractivity contribution in [3.05, 3.63) is 89.5 Å². The van der Waals surface area contributed by atoms with Crippen LogP contribution in [0.1, 0.15) is 27.9 Å². The molecule has 37 heavy (non-hydrogen) atoms. The normalized spacial score (nSPS) is 13.8. The first-order valence-electron chi connectivity index (χ1n) is 12.2. The van der Waals surface area contributed by atoms with Gasteiger partial charge in [-0.2, -0.15) is 5.26 Å². The van der Waals surface area contributed by atoms with Gasteiger partial charge in [0.2, 0.25) is 0 Å². The highest BCUT2D eigenvalue weighted by atomic mass is 16.5. The molecule has 0 aliphatic carbocycles. The molecule has 4 rings (SSSR count). The maximum atomic E-state index is 13.1. The van der Waals surface area contributed by atoms with Crippen molar-refractivity contribution in [3.63, 3.8) is 0 Å². The number of amides is 2. The fraction of sp³-hybridized carbons (Fsp3) is 0.276. The number of carbonyl (C=O) groups excluding carboxylic acids is 2. The van der Waals surface area contributed by atoms with E-state index in [1.807, 2.05) is 29.2 Å². The Kier molecular flexibility index (Phi) is 8.74. The number of rotatable bonds is 8. The molecule has 2 amide bonds. The van der Waals surface area contributed by atoms with Gasteiger partial charge in [0.05, 0.1) is 18.7 Å². The van der Waals surface area contributed by atoms with Crippen LogP contribution in [0.2, 0.25) is 0 Å². The van der Waals surface area contributed by atoms with Gasteiger partial charge in [-0.05, 0) is 60.5 Å². The van der Waals surface area contributed by atoms with Crippen LogP contribution < -0.4 is 14.8 Å². The van der Waals surface area contributed by atoms with Gasteiger partial charge in [-0.25, -0.2) is 0 Å². The molecule has 0 bridgehead atoms. The molecule has 1 fully saturated rings. The molecule has 1 N–H and O–H groups in total. The zero-order valence-corrected chi connectivity index (χ0v) is 20.9. The summed E-state index contributed by atoms with van der Waals surface area (Å²) in [4.78, 5) is 29.5. The highest BCUT2D eigenvalue weighted by molar-refractivity contribution is 5.94. The standard InChI is InChI=1S/C29H30N4O4/c1-36-27-5-2-4-25(18-27)31-28(34)21-37-26-12-10-24(11-13-26)29(35)33-15-3-14-32(16-17-33)20-23-8-6-22(19-30)7-9-23/h2,4-13,18H,3,14-17,20-21H2,1H3,(H,31,34). The Balaban J connectivity index is 1.25.